The summed E-state index contributed by atoms with van der Waals surface area (Å²) in [5, 5.41) is -0.574. The summed E-state index contributed by atoms with van der Waals surface area (Å²) in [6, 6.07) is 24.7. The topological polar surface area (TPSA) is 0 Å². The van der Waals surface area contributed by atoms with E-state index >= 15 is 0 Å². The predicted molar refractivity (Wildman–Crippen MR) is 132 cm³/mol. The quantitative estimate of drug-likeness (QED) is 0.282. The van der Waals surface area contributed by atoms with Crippen LogP contribution in [0.3, 0.4) is 0 Å². The summed E-state index contributed by atoms with van der Waals surface area (Å²) in [5.41, 5.74) is 6.71. The van der Waals surface area contributed by atoms with Gasteiger partial charge in [0, 0.05) is 0 Å². The van der Waals surface area contributed by atoms with Crippen molar-refractivity contribution in [3.8, 4) is 0 Å². The molecule has 0 aliphatic carbocycles. The van der Waals surface area contributed by atoms with E-state index < -0.39 is 0 Å². The minimum absolute atomic E-state index is 0.125. The maximum absolute atomic E-state index is 6.65. The lowest BCUT2D eigenvalue weighted by Crippen LogP contribution is -2.00. The molecule has 3 aromatic rings. The van der Waals surface area contributed by atoms with E-state index in [0.29, 0.717) is 12.8 Å². The Morgan fingerprint density at radius 2 is 0.633 bits per heavy atom. The van der Waals surface area contributed by atoms with Crippen LogP contribution < -0.4 is 0 Å². The van der Waals surface area contributed by atoms with Gasteiger partial charge in [-0.25, -0.2) is 0 Å². The molecule has 0 N–H and O–H groups in total. The molecule has 4 unspecified atom stereocenters. The lowest BCUT2D eigenvalue weighted by atomic mass is 9.99. The number of rotatable bonds is 8. The van der Waals surface area contributed by atoms with Crippen LogP contribution in [-0.2, 0) is 0 Å². The van der Waals surface area contributed by atoms with Gasteiger partial charge in [-0.2, -0.15) is 0 Å². The number of aryl methyl sites for hydroxylation is 2. The first-order chi connectivity index (χ1) is 14.3. The van der Waals surface area contributed by atoms with Gasteiger partial charge in [-0.05, 0) is 48.9 Å². The van der Waals surface area contributed by atoms with Gasteiger partial charge < -0.3 is 0 Å². The molecule has 0 heterocycles. The standard InChI is InChI=1S/C26H26Cl4/c1-17-3-7-19(8-4-17)23(27)15-25(29)21-11-13-22(14-12-21)26(30)16-24(28)20-9-5-18(2)6-10-20/h3-14,23-26H,15-16H2,1-2H3. The third kappa shape index (κ3) is 6.41. The third-order valence-electron chi connectivity index (χ3n) is 5.37. The van der Waals surface area contributed by atoms with E-state index in [-0.39, 0.29) is 21.5 Å². The van der Waals surface area contributed by atoms with Gasteiger partial charge in [-0.3, -0.25) is 0 Å². The normalized spacial score (nSPS) is 15.4. The predicted octanol–water partition coefficient (Wildman–Crippen LogP) is 9.60. The molecule has 0 fully saturated rings. The highest BCUT2D eigenvalue weighted by Crippen LogP contribution is 2.38. The number of hydrogen-bond donors (Lipinski definition) is 0. The van der Waals surface area contributed by atoms with Crippen molar-refractivity contribution in [2.75, 3.05) is 0 Å². The molecule has 0 radical (unpaired) electrons. The van der Waals surface area contributed by atoms with Crippen LogP contribution in [0.15, 0.2) is 72.8 Å². The van der Waals surface area contributed by atoms with Crippen LogP contribution in [0.4, 0.5) is 0 Å². The lowest BCUT2D eigenvalue weighted by Gasteiger charge is -2.18. The second-order valence-corrected chi connectivity index (χ2v) is 9.94. The van der Waals surface area contributed by atoms with Crippen LogP contribution >= 0.6 is 46.4 Å². The van der Waals surface area contributed by atoms with Gasteiger partial charge >= 0.3 is 0 Å². The number of halogens is 4. The molecule has 0 bridgehead atoms. The van der Waals surface area contributed by atoms with Crippen LogP contribution in [-0.4, -0.2) is 0 Å². The lowest BCUT2D eigenvalue weighted by molar-refractivity contribution is 0.759. The first-order valence-electron chi connectivity index (χ1n) is 10.1. The highest BCUT2D eigenvalue weighted by Gasteiger charge is 2.18. The van der Waals surface area contributed by atoms with Crippen molar-refractivity contribution in [3.05, 3.63) is 106 Å². The first-order valence-corrected chi connectivity index (χ1v) is 11.9. The molecule has 0 saturated heterocycles. The van der Waals surface area contributed by atoms with E-state index in [1.807, 2.05) is 24.3 Å². The third-order valence-corrected chi connectivity index (χ3v) is 7.09. The van der Waals surface area contributed by atoms with Crippen LogP contribution in [0.2, 0.25) is 0 Å². The zero-order valence-corrected chi connectivity index (χ0v) is 20.2. The van der Waals surface area contributed by atoms with Crippen molar-refractivity contribution in [2.45, 2.75) is 48.2 Å². The van der Waals surface area contributed by atoms with E-state index in [2.05, 4.69) is 62.4 Å². The fourth-order valence-electron chi connectivity index (χ4n) is 3.37. The van der Waals surface area contributed by atoms with Crippen LogP contribution in [0.25, 0.3) is 0 Å². The Kier molecular flexibility index (Phi) is 8.54. The van der Waals surface area contributed by atoms with Crippen molar-refractivity contribution in [3.63, 3.8) is 0 Å². The Bertz CT molecular complexity index is 838. The van der Waals surface area contributed by atoms with Gasteiger partial charge in [0.1, 0.15) is 0 Å². The molecule has 158 valence electrons. The second-order valence-electron chi connectivity index (χ2n) is 7.83. The average molecular weight is 480 g/mol. The Labute approximate surface area is 200 Å². The van der Waals surface area contributed by atoms with Gasteiger partial charge in [-0.1, -0.05) is 83.9 Å². The number of benzene rings is 3. The molecule has 30 heavy (non-hydrogen) atoms. The molecular formula is C26H26Cl4. The van der Waals surface area contributed by atoms with Crippen LogP contribution in [0.5, 0.6) is 0 Å². The van der Waals surface area contributed by atoms with E-state index in [0.717, 1.165) is 22.3 Å². The smallest absolute Gasteiger partial charge is 0.0602 e. The SMILES string of the molecule is Cc1ccc(C(Cl)CC(Cl)c2ccc(C(Cl)CC(Cl)c3ccc(C)cc3)cc2)cc1. The number of alkyl halides is 4. The van der Waals surface area contributed by atoms with Gasteiger partial charge in [0.2, 0.25) is 0 Å². The Balaban J connectivity index is 1.59. The summed E-state index contributed by atoms with van der Waals surface area (Å²) in [6.07, 6.45) is 1.32. The Morgan fingerprint density at radius 1 is 0.433 bits per heavy atom. The highest BCUT2D eigenvalue weighted by atomic mass is 35.5. The summed E-state index contributed by atoms with van der Waals surface area (Å²) < 4.78 is 0. The maximum atomic E-state index is 6.65. The summed E-state index contributed by atoms with van der Waals surface area (Å²) >= 11 is 26.5. The maximum Gasteiger partial charge on any atom is 0.0602 e. The van der Waals surface area contributed by atoms with E-state index in [1.54, 1.807) is 0 Å². The van der Waals surface area contributed by atoms with Crippen LogP contribution in [0, 0.1) is 13.8 Å². The van der Waals surface area contributed by atoms with Gasteiger partial charge in [0.15, 0.2) is 0 Å². The summed E-state index contributed by atoms with van der Waals surface area (Å²) in [7, 11) is 0. The molecule has 0 saturated carbocycles. The van der Waals surface area contributed by atoms with Crippen molar-refractivity contribution in [1.29, 1.82) is 0 Å². The van der Waals surface area contributed by atoms with Crippen LogP contribution in [0.1, 0.15) is 67.7 Å². The molecular weight excluding hydrogens is 454 g/mol. The van der Waals surface area contributed by atoms with Crippen molar-refractivity contribution < 1.29 is 0 Å². The van der Waals surface area contributed by atoms with Crippen molar-refractivity contribution in [2.24, 2.45) is 0 Å². The Hall–Kier alpha value is -1.18. The van der Waals surface area contributed by atoms with Gasteiger partial charge in [-0.15, -0.1) is 46.4 Å². The minimum atomic E-state index is -0.162. The zero-order valence-electron chi connectivity index (χ0n) is 17.2. The molecule has 4 heteroatoms. The van der Waals surface area contributed by atoms with Gasteiger partial charge in [0.25, 0.3) is 0 Å². The fraction of sp³-hybridized carbons (Fsp3) is 0.308. The monoisotopic (exact) mass is 478 g/mol. The van der Waals surface area contributed by atoms with Crippen molar-refractivity contribution in [1.82, 2.24) is 0 Å². The zero-order chi connectivity index (χ0) is 21.7. The second kappa shape index (κ2) is 10.9. The molecule has 0 spiro atoms. The largest absolute Gasteiger partial charge is 0.118 e. The minimum Gasteiger partial charge on any atom is -0.118 e. The average Bonchev–Trinajstić information content (AvgIpc) is 2.74. The molecule has 0 amide bonds. The van der Waals surface area contributed by atoms with E-state index in [1.165, 1.54) is 11.1 Å². The molecule has 0 aliphatic rings. The molecule has 3 aromatic carbocycles. The molecule has 0 aliphatic heterocycles. The molecule has 0 nitrogen and oxygen atoms in total. The van der Waals surface area contributed by atoms with E-state index in [9.17, 15) is 0 Å². The summed E-state index contributed by atoms with van der Waals surface area (Å²) in [4.78, 5) is 0. The number of hydrogen-bond acceptors (Lipinski definition) is 0. The first kappa shape index (κ1) is 23.5. The highest BCUT2D eigenvalue weighted by molar-refractivity contribution is 6.24. The van der Waals surface area contributed by atoms with Gasteiger partial charge in [0.05, 0.1) is 21.5 Å². The molecule has 3 rings (SSSR count). The summed E-state index contributed by atoms with van der Waals surface area (Å²) in [6.45, 7) is 4.13. The molecule has 4 atom stereocenters. The fourth-order valence-corrected chi connectivity index (χ4v) is 4.85. The van der Waals surface area contributed by atoms with E-state index in [4.69, 9.17) is 46.4 Å². The van der Waals surface area contributed by atoms with Crippen molar-refractivity contribution >= 4 is 46.4 Å². The molecule has 0 aromatic heterocycles. The summed E-state index contributed by atoms with van der Waals surface area (Å²) in [5.74, 6) is 0. The Morgan fingerprint density at radius 3 is 0.867 bits per heavy atom.